The van der Waals surface area contributed by atoms with Crippen LogP contribution in [0.15, 0.2) is 78.9 Å². The minimum absolute atomic E-state index is 0.885. The Bertz CT molecular complexity index is 900. The van der Waals surface area contributed by atoms with E-state index in [2.05, 4.69) is 73.7 Å². The zero-order chi connectivity index (χ0) is 19.3. The van der Waals surface area contributed by atoms with Gasteiger partial charge in [-0.15, -0.1) is 0 Å². The summed E-state index contributed by atoms with van der Waals surface area (Å²) < 4.78 is 0. The van der Waals surface area contributed by atoms with E-state index in [1.807, 2.05) is 32.0 Å². The van der Waals surface area contributed by atoms with Crippen LogP contribution in [0, 0.1) is 6.92 Å². The van der Waals surface area contributed by atoms with Crippen molar-refractivity contribution < 1.29 is 5.11 Å². The summed E-state index contributed by atoms with van der Waals surface area (Å²) in [7, 11) is 0. The highest BCUT2D eigenvalue weighted by atomic mass is 16.3. The van der Waals surface area contributed by atoms with Crippen molar-refractivity contribution in [3.8, 4) is 0 Å². The van der Waals surface area contributed by atoms with Crippen LogP contribution < -0.4 is 0 Å². The van der Waals surface area contributed by atoms with Gasteiger partial charge in [0.05, 0.1) is 5.60 Å². The highest BCUT2D eigenvalue weighted by Crippen LogP contribution is 2.34. The summed E-state index contributed by atoms with van der Waals surface area (Å²) in [6.45, 7) is 5.86. The number of rotatable bonds is 6. The van der Waals surface area contributed by atoms with E-state index >= 15 is 0 Å². The lowest BCUT2D eigenvalue weighted by Gasteiger charge is -2.25. The third-order valence-corrected chi connectivity index (χ3v) is 4.92. The molecule has 3 rings (SSSR count). The molecule has 0 amide bonds. The van der Waals surface area contributed by atoms with E-state index < -0.39 is 5.60 Å². The predicted molar refractivity (Wildman–Crippen MR) is 115 cm³/mol. The number of allylic oxidation sites excluding steroid dienone is 1. The number of hydrogen-bond acceptors (Lipinski definition) is 1. The molecule has 138 valence electrons. The SMILES string of the molecule is Cc1cccc(C(C)(C)O)c1/C(=C\c1ccccc1)CCc1ccccc1. The topological polar surface area (TPSA) is 20.2 Å². The fraction of sp³-hybridized carbons (Fsp3) is 0.231. The van der Waals surface area contributed by atoms with Crippen LogP contribution in [0.5, 0.6) is 0 Å². The van der Waals surface area contributed by atoms with Crippen molar-refractivity contribution in [2.24, 2.45) is 0 Å². The summed E-state index contributed by atoms with van der Waals surface area (Å²) in [6.07, 6.45) is 4.16. The zero-order valence-corrected chi connectivity index (χ0v) is 16.4. The Morgan fingerprint density at radius 3 is 2.11 bits per heavy atom. The number of aryl methyl sites for hydroxylation is 2. The van der Waals surface area contributed by atoms with E-state index in [0.29, 0.717) is 0 Å². The summed E-state index contributed by atoms with van der Waals surface area (Å²) in [4.78, 5) is 0. The van der Waals surface area contributed by atoms with Crippen molar-refractivity contribution in [2.45, 2.75) is 39.2 Å². The molecule has 1 N–H and O–H groups in total. The van der Waals surface area contributed by atoms with Gasteiger partial charge in [-0.1, -0.05) is 84.9 Å². The lowest BCUT2D eigenvalue weighted by Crippen LogP contribution is -2.18. The van der Waals surface area contributed by atoms with E-state index in [9.17, 15) is 5.11 Å². The maximum atomic E-state index is 10.8. The van der Waals surface area contributed by atoms with Crippen LogP contribution in [0.4, 0.5) is 0 Å². The normalized spacial score (nSPS) is 12.2. The molecule has 0 aliphatic carbocycles. The van der Waals surface area contributed by atoms with Crippen LogP contribution in [0.2, 0.25) is 0 Å². The van der Waals surface area contributed by atoms with Crippen molar-refractivity contribution >= 4 is 11.6 Å². The van der Waals surface area contributed by atoms with Gasteiger partial charge in [0.1, 0.15) is 0 Å². The van der Waals surface area contributed by atoms with E-state index in [4.69, 9.17) is 0 Å². The van der Waals surface area contributed by atoms with Crippen LogP contribution in [0.1, 0.15) is 48.1 Å². The van der Waals surface area contributed by atoms with Crippen molar-refractivity contribution in [1.82, 2.24) is 0 Å². The van der Waals surface area contributed by atoms with Gasteiger partial charge < -0.3 is 5.11 Å². The van der Waals surface area contributed by atoms with Gasteiger partial charge in [0.25, 0.3) is 0 Å². The smallest absolute Gasteiger partial charge is 0.0846 e. The lowest BCUT2D eigenvalue weighted by atomic mass is 9.84. The summed E-state index contributed by atoms with van der Waals surface area (Å²) in [5.41, 5.74) is 6.25. The minimum Gasteiger partial charge on any atom is -0.386 e. The second-order valence-electron chi connectivity index (χ2n) is 7.62. The average Bonchev–Trinajstić information content (AvgIpc) is 2.66. The molecule has 0 atom stereocenters. The third kappa shape index (κ3) is 4.96. The number of benzene rings is 3. The van der Waals surface area contributed by atoms with Gasteiger partial charge in [0.2, 0.25) is 0 Å². The Morgan fingerprint density at radius 1 is 0.852 bits per heavy atom. The summed E-state index contributed by atoms with van der Waals surface area (Å²) >= 11 is 0. The lowest BCUT2D eigenvalue weighted by molar-refractivity contribution is 0.0782. The van der Waals surface area contributed by atoms with Crippen LogP contribution in [0.3, 0.4) is 0 Å². The molecule has 0 saturated carbocycles. The summed E-state index contributed by atoms with van der Waals surface area (Å²) in [5.74, 6) is 0. The fourth-order valence-electron chi connectivity index (χ4n) is 3.55. The minimum atomic E-state index is -0.885. The Kier molecular flexibility index (Phi) is 5.93. The maximum Gasteiger partial charge on any atom is 0.0846 e. The molecule has 0 aliphatic rings. The fourth-order valence-corrected chi connectivity index (χ4v) is 3.55. The first-order valence-electron chi connectivity index (χ1n) is 9.57. The Balaban J connectivity index is 2.07. The molecule has 0 aliphatic heterocycles. The van der Waals surface area contributed by atoms with E-state index in [-0.39, 0.29) is 0 Å². The Hall–Kier alpha value is -2.64. The monoisotopic (exact) mass is 356 g/mol. The molecule has 0 fully saturated rings. The van der Waals surface area contributed by atoms with Crippen LogP contribution in [0.25, 0.3) is 11.6 Å². The highest BCUT2D eigenvalue weighted by Gasteiger charge is 2.22. The largest absolute Gasteiger partial charge is 0.386 e. The molecule has 3 aromatic rings. The number of aliphatic hydroxyl groups is 1. The molecular weight excluding hydrogens is 328 g/mol. The first kappa shape index (κ1) is 19.1. The van der Waals surface area contributed by atoms with Crippen molar-refractivity contribution in [2.75, 3.05) is 0 Å². The molecule has 1 nitrogen and oxygen atoms in total. The van der Waals surface area contributed by atoms with Crippen molar-refractivity contribution in [3.05, 3.63) is 107 Å². The van der Waals surface area contributed by atoms with Gasteiger partial charge in [-0.2, -0.15) is 0 Å². The van der Waals surface area contributed by atoms with Gasteiger partial charge in [-0.25, -0.2) is 0 Å². The van der Waals surface area contributed by atoms with Crippen molar-refractivity contribution in [3.63, 3.8) is 0 Å². The number of hydrogen-bond donors (Lipinski definition) is 1. The summed E-state index contributed by atoms with van der Waals surface area (Å²) in [5, 5.41) is 10.8. The first-order chi connectivity index (χ1) is 12.9. The molecule has 27 heavy (non-hydrogen) atoms. The molecule has 0 heterocycles. The molecule has 1 heteroatoms. The van der Waals surface area contributed by atoms with Crippen LogP contribution in [-0.4, -0.2) is 5.11 Å². The van der Waals surface area contributed by atoms with Crippen molar-refractivity contribution in [1.29, 1.82) is 0 Å². The molecule has 0 spiro atoms. The quantitative estimate of drug-likeness (QED) is 0.507. The van der Waals surface area contributed by atoms with E-state index in [0.717, 1.165) is 18.4 Å². The second kappa shape index (κ2) is 8.37. The Morgan fingerprint density at radius 2 is 1.48 bits per heavy atom. The van der Waals surface area contributed by atoms with Gasteiger partial charge in [-0.05, 0) is 67.0 Å². The molecule has 0 saturated heterocycles. The summed E-state index contributed by atoms with van der Waals surface area (Å²) in [6, 6.07) is 27.2. The Labute approximate surface area is 163 Å². The standard InChI is InChI=1S/C26H28O/c1-20-11-10-16-24(26(2,3)27)25(20)23(19-22-14-8-5-9-15-22)18-17-21-12-6-4-7-13-21/h4-16,19,27H,17-18H2,1-3H3/b23-19-. The zero-order valence-electron chi connectivity index (χ0n) is 16.4. The molecule has 0 aromatic heterocycles. The molecule has 3 aromatic carbocycles. The van der Waals surface area contributed by atoms with Gasteiger partial charge in [0, 0.05) is 0 Å². The van der Waals surface area contributed by atoms with Crippen LogP contribution in [-0.2, 0) is 12.0 Å². The van der Waals surface area contributed by atoms with Gasteiger partial charge in [-0.3, -0.25) is 0 Å². The van der Waals surface area contributed by atoms with E-state index in [1.165, 1.54) is 27.8 Å². The highest BCUT2D eigenvalue weighted by molar-refractivity contribution is 5.84. The van der Waals surface area contributed by atoms with Gasteiger partial charge >= 0.3 is 0 Å². The van der Waals surface area contributed by atoms with E-state index in [1.54, 1.807) is 0 Å². The third-order valence-electron chi connectivity index (χ3n) is 4.92. The molecule has 0 unspecified atom stereocenters. The van der Waals surface area contributed by atoms with Gasteiger partial charge in [0.15, 0.2) is 0 Å². The maximum absolute atomic E-state index is 10.8. The molecular formula is C26H28O. The molecule has 0 bridgehead atoms. The average molecular weight is 357 g/mol. The molecule has 0 radical (unpaired) electrons. The second-order valence-corrected chi connectivity index (χ2v) is 7.62. The first-order valence-corrected chi connectivity index (χ1v) is 9.57. The van der Waals surface area contributed by atoms with Crippen LogP contribution >= 0.6 is 0 Å². The predicted octanol–water partition coefficient (Wildman–Crippen LogP) is 6.40.